The predicted molar refractivity (Wildman–Crippen MR) is 79.7 cm³/mol. The van der Waals surface area contributed by atoms with Crippen LogP contribution in [-0.2, 0) is 10.1 Å². The highest BCUT2D eigenvalue weighted by atomic mass is 32.2. The van der Waals surface area contributed by atoms with E-state index in [0.717, 1.165) is 17.7 Å². The first-order valence-corrected chi connectivity index (χ1v) is 8.22. The SMILES string of the molecule is C=CC(F)(C(C)(F)F)C(F)(F)S(=O)(=O)Oc1ccc(C(C)C)cc1. The molecule has 0 heterocycles. The molecule has 0 saturated heterocycles. The Bertz CT molecular complexity index is 693. The summed E-state index contributed by atoms with van der Waals surface area (Å²) in [5.74, 6) is -5.18. The molecule has 1 aromatic carbocycles. The van der Waals surface area contributed by atoms with E-state index in [2.05, 4.69) is 10.8 Å². The number of hydrogen-bond acceptors (Lipinski definition) is 3. The molecule has 136 valence electrons. The van der Waals surface area contributed by atoms with Gasteiger partial charge in [0, 0.05) is 6.92 Å². The Balaban J connectivity index is 3.25. The third-order valence-electron chi connectivity index (χ3n) is 3.41. The van der Waals surface area contributed by atoms with Crippen molar-refractivity contribution in [1.29, 1.82) is 0 Å². The Labute approximate surface area is 137 Å². The van der Waals surface area contributed by atoms with E-state index >= 15 is 0 Å². The second kappa shape index (κ2) is 6.34. The van der Waals surface area contributed by atoms with Crippen molar-refractivity contribution in [2.45, 2.75) is 43.5 Å². The molecule has 0 N–H and O–H groups in total. The third kappa shape index (κ3) is 3.40. The molecule has 0 amide bonds. The van der Waals surface area contributed by atoms with Crippen LogP contribution < -0.4 is 4.18 Å². The Morgan fingerprint density at radius 1 is 1.08 bits per heavy atom. The molecule has 24 heavy (non-hydrogen) atoms. The van der Waals surface area contributed by atoms with Crippen molar-refractivity contribution in [3.63, 3.8) is 0 Å². The number of rotatable bonds is 7. The monoisotopic (exact) mass is 372 g/mol. The van der Waals surface area contributed by atoms with Gasteiger partial charge in [0.1, 0.15) is 5.75 Å². The highest BCUT2D eigenvalue weighted by molar-refractivity contribution is 7.88. The first-order chi connectivity index (χ1) is 10.7. The van der Waals surface area contributed by atoms with Gasteiger partial charge in [-0.25, -0.2) is 13.2 Å². The molecular weight excluding hydrogens is 355 g/mol. The van der Waals surface area contributed by atoms with Gasteiger partial charge in [-0.2, -0.15) is 17.2 Å². The van der Waals surface area contributed by atoms with Crippen LogP contribution in [0, 0.1) is 0 Å². The van der Waals surface area contributed by atoms with Crippen LogP contribution in [0.5, 0.6) is 5.75 Å². The zero-order chi connectivity index (χ0) is 19.0. The van der Waals surface area contributed by atoms with Crippen molar-refractivity contribution in [2.75, 3.05) is 0 Å². The minimum atomic E-state index is -6.06. The van der Waals surface area contributed by atoms with Gasteiger partial charge in [0.2, 0.25) is 0 Å². The summed E-state index contributed by atoms with van der Waals surface area (Å²) in [6.45, 7) is 6.07. The quantitative estimate of drug-likeness (QED) is 0.397. The van der Waals surface area contributed by atoms with Crippen molar-refractivity contribution >= 4 is 10.1 Å². The molecule has 0 aliphatic carbocycles. The summed E-state index contributed by atoms with van der Waals surface area (Å²) in [6.07, 6.45) is -0.435. The van der Waals surface area contributed by atoms with E-state index < -0.39 is 38.8 Å². The lowest BCUT2D eigenvalue weighted by Gasteiger charge is -2.33. The van der Waals surface area contributed by atoms with Gasteiger partial charge in [-0.05, 0) is 29.7 Å². The Kier molecular flexibility index (Phi) is 5.39. The maximum atomic E-state index is 14.1. The molecule has 1 aromatic rings. The fourth-order valence-corrected chi connectivity index (χ4v) is 2.92. The molecule has 1 unspecified atom stereocenters. The van der Waals surface area contributed by atoms with Gasteiger partial charge >= 0.3 is 15.4 Å². The number of halogens is 5. The van der Waals surface area contributed by atoms with Gasteiger partial charge < -0.3 is 4.18 Å². The van der Waals surface area contributed by atoms with Crippen molar-refractivity contribution in [2.24, 2.45) is 0 Å². The molecular formula is C15H17F5O3S. The smallest absolute Gasteiger partial charge is 0.378 e. The van der Waals surface area contributed by atoms with Gasteiger partial charge in [0.05, 0.1) is 0 Å². The molecule has 1 rings (SSSR count). The Hall–Kier alpha value is -1.64. The number of hydrogen-bond donors (Lipinski definition) is 0. The van der Waals surface area contributed by atoms with Crippen molar-refractivity contribution in [3.8, 4) is 5.75 Å². The van der Waals surface area contributed by atoms with Crippen LogP contribution >= 0.6 is 0 Å². The molecule has 0 aliphatic heterocycles. The lowest BCUT2D eigenvalue weighted by atomic mass is 9.99. The standard InChI is InChI=1S/C15H17F5O3S/c1-5-14(18,13(4,16)17)15(19,20)24(21,22)23-12-8-6-11(7-9-12)10(2)3/h5-10H,1H2,2-4H3. The summed E-state index contributed by atoms with van der Waals surface area (Å²) in [5.41, 5.74) is -4.07. The summed E-state index contributed by atoms with van der Waals surface area (Å²) in [4.78, 5) is 0. The maximum Gasteiger partial charge on any atom is 0.422 e. The van der Waals surface area contributed by atoms with Crippen molar-refractivity contribution < 1.29 is 34.6 Å². The van der Waals surface area contributed by atoms with Gasteiger partial charge in [-0.15, -0.1) is 0 Å². The topological polar surface area (TPSA) is 43.4 Å². The molecule has 0 bridgehead atoms. The molecule has 1 atom stereocenters. The van der Waals surface area contributed by atoms with Gasteiger partial charge in [0.15, 0.2) is 0 Å². The average Bonchev–Trinajstić information content (AvgIpc) is 2.44. The normalized spacial score (nSPS) is 15.9. The predicted octanol–water partition coefficient (Wildman–Crippen LogP) is 4.66. The molecule has 0 fully saturated rings. The van der Waals surface area contributed by atoms with E-state index in [1.54, 1.807) is 0 Å². The zero-order valence-corrected chi connectivity index (χ0v) is 14.0. The maximum absolute atomic E-state index is 14.1. The second-order valence-corrected chi connectivity index (χ2v) is 7.17. The lowest BCUT2D eigenvalue weighted by molar-refractivity contribution is -0.180. The van der Waals surface area contributed by atoms with E-state index in [-0.39, 0.29) is 12.8 Å². The zero-order valence-electron chi connectivity index (χ0n) is 13.2. The number of allylic oxidation sites excluding steroid dienone is 1. The van der Waals surface area contributed by atoms with Crippen molar-refractivity contribution in [1.82, 2.24) is 0 Å². The van der Waals surface area contributed by atoms with Crippen LogP contribution in [0.15, 0.2) is 36.9 Å². The molecule has 3 nitrogen and oxygen atoms in total. The first-order valence-electron chi connectivity index (χ1n) is 6.81. The minimum Gasteiger partial charge on any atom is -0.378 e. The molecule has 0 aromatic heterocycles. The number of alkyl halides is 5. The van der Waals surface area contributed by atoms with E-state index in [9.17, 15) is 30.4 Å². The Morgan fingerprint density at radius 3 is 1.88 bits per heavy atom. The summed E-state index contributed by atoms with van der Waals surface area (Å²) in [6, 6.07) is 4.97. The van der Waals surface area contributed by atoms with Gasteiger partial charge in [0.25, 0.3) is 11.6 Å². The third-order valence-corrected chi connectivity index (χ3v) is 4.75. The summed E-state index contributed by atoms with van der Waals surface area (Å²) < 4.78 is 96.1. The van der Waals surface area contributed by atoms with Gasteiger partial charge in [-0.1, -0.05) is 32.6 Å². The summed E-state index contributed by atoms with van der Waals surface area (Å²) in [5, 5.41) is -5.56. The highest BCUT2D eigenvalue weighted by Gasteiger charge is 2.73. The highest BCUT2D eigenvalue weighted by Crippen LogP contribution is 2.48. The largest absolute Gasteiger partial charge is 0.422 e. The average molecular weight is 372 g/mol. The van der Waals surface area contributed by atoms with Crippen LogP contribution in [0.4, 0.5) is 22.0 Å². The fourth-order valence-electron chi connectivity index (χ4n) is 1.82. The first kappa shape index (κ1) is 20.4. The van der Waals surface area contributed by atoms with Crippen LogP contribution in [-0.4, -0.2) is 25.3 Å². The molecule has 0 spiro atoms. The van der Waals surface area contributed by atoms with Crippen LogP contribution in [0.1, 0.15) is 32.3 Å². The second-order valence-electron chi connectivity index (χ2n) is 5.58. The minimum absolute atomic E-state index is 0.0788. The van der Waals surface area contributed by atoms with Crippen molar-refractivity contribution in [3.05, 3.63) is 42.5 Å². The Morgan fingerprint density at radius 2 is 1.54 bits per heavy atom. The molecule has 0 aliphatic rings. The van der Waals surface area contributed by atoms with Gasteiger partial charge in [-0.3, -0.25) is 0 Å². The fraction of sp³-hybridized carbons (Fsp3) is 0.467. The van der Waals surface area contributed by atoms with Crippen LogP contribution in [0.2, 0.25) is 0 Å². The molecule has 9 heteroatoms. The summed E-state index contributed by atoms with van der Waals surface area (Å²) >= 11 is 0. The van der Waals surface area contributed by atoms with E-state index in [4.69, 9.17) is 0 Å². The van der Waals surface area contributed by atoms with E-state index in [1.807, 2.05) is 13.8 Å². The summed E-state index contributed by atoms with van der Waals surface area (Å²) in [7, 11) is -6.06. The molecule has 0 saturated carbocycles. The molecule has 0 radical (unpaired) electrons. The van der Waals surface area contributed by atoms with E-state index in [1.165, 1.54) is 12.1 Å². The number of benzene rings is 1. The van der Waals surface area contributed by atoms with E-state index in [0.29, 0.717) is 0 Å². The lowest BCUT2D eigenvalue weighted by Crippen LogP contribution is -2.59. The van der Waals surface area contributed by atoms with Crippen LogP contribution in [0.25, 0.3) is 0 Å². The van der Waals surface area contributed by atoms with Crippen LogP contribution in [0.3, 0.4) is 0 Å².